The van der Waals surface area contributed by atoms with Crippen LogP contribution in [-0.2, 0) is 0 Å². The summed E-state index contributed by atoms with van der Waals surface area (Å²) in [6, 6.07) is 6.03. The summed E-state index contributed by atoms with van der Waals surface area (Å²) < 4.78 is 13.1. The molecule has 0 atom stereocenters. The Balaban J connectivity index is 1.87. The molecule has 1 aromatic heterocycles. The van der Waals surface area contributed by atoms with Gasteiger partial charge in [-0.25, -0.2) is 14.4 Å². The Morgan fingerprint density at radius 2 is 2.09 bits per heavy atom. The maximum atomic E-state index is 13.1. The van der Waals surface area contributed by atoms with E-state index in [-0.39, 0.29) is 17.4 Å². The molecule has 0 saturated carbocycles. The molecular formula is C16H20FN5O. The second-order valence-electron chi connectivity index (χ2n) is 5.33. The van der Waals surface area contributed by atoms with Gasteiger partial charge in [-0.05, 0) is 45.3 Å². The molecule has 0 aliphatic rings. The molecule has 122 valence electrons. The highest BCUT2D eigenvalue weighted by Gasteiger charge is 2.07. The van der Waals surface area contributed by atoms with Crippen LogP contribution in [0.25, 0.3) is 0 Å². The van der Waals surface area contributed by atoms with Gasteiger partial charge in [0.1, 0.15) is 17.3 Å². The monoisotopic (exact) mass is 317 g/mol. The minimum absolute atomic E-state index is 0.250. The van der Waals surface area contributed by atoms with E-state index in [1.165, 1.54) is 24.5 Å². The molecule has 0 unspecified atom stereocenters. The maximum absolute atomic E-state index is 13.1. The number of halogens is 1. The van der Waals surface area contributed by atoms with E-state index >= 15 is 0 Å². The Kier molecular flexibility index (Phi) is 5.99. The Morgan fingerprint density at radius 1 is 1.26 bits per heavy atom. The molecule has 0 radical (unpaired) electrons. The molecule has 1 amide bonds. The van der Waals surface area contributed by atoms with Crippen LogP contribution in [0.4, 0.5) is 15.9 Å². The number of nitrogens with one attached hydrogen (secondary N) is 2. The first-order chi connectivity index (χ1) is 11.0. The second kappa shape index (κ2) is 8.19. The highest BCUT2D eigenvalue weighted by atomic mass is 19.1. The van der Waals surface area contributed by atoms with E-state index in [4.69, 9.17) is 0 Å². The second-order valence-corrected chi connectivity index (χ2v) is 5.33. The van der Waals surface area contributed by atoms with Gasteiger partial charge in [0.25, 0.3) is 5.91 Å². The first-order valence-corrected chi connectivity index (χ1v) is 7.32. The van der Waals surface area contributed by atoms with Crippen molar-refractivity contribution in [3.8, 4) is 0 Å². The quantitative estimate of drug-likeness (QED) is 0.765. The summed E-state index contributed by atoms with van der Waals surface area (Å²) in [5, 5.41) is 5.72. The molecule has 7 heteroatoms. The van der Waals surface area contributed by atoms with Crippen LogP contribution in [0.3, 0.4) is 0 Å². The van der Waals surface area contributed by atoms with Crippen LogP contribution in [0, 0.1) is 5.82 Å². The summed E-state index contributed by atoms with van der Waals surface area (Å²) in [5.41, 5.74) is 0.819. The number of aromatic nitrogens is 2. The standard InChI is InChI=1S/C16H20FN5O/c1-22(2)8-4-7-18-16(23)14-10-20-15(11-19-14)21-13-6-3-5-12(17)9-13/h3,5-6,9-11H,4,7-8H2,1-2H3,(H,18,23)(H,20,21). The van der Waals surface area contributed by atoms with Gasteiger partial charge in [-0.3, -0.25) is 4.79 Å². The summed E-state index contributed by atoms with van der Waals surface area (Å²) >= 11 is 0. The Hall–Kier alpha value is -2.54. The molecule has 0 aliphatic heterocycles. The first-order valence-electron chi connectivity index (χ1n) is 7.32. The van der Waals surface area contributed by atoms with Gasteiger partial charge in [0.05, 0.1) is 12.4 Å². The maximum Gasteiger partial charge on any atom is 0.271 e. The Labute approximate surface area is 134 Å². The Bertz CT molecular complexity index is 645. The average Bonchev–Trinajstić information content (AvgIpc) is 2.52. The summed E-state index contributed by atoms with van der Waals surface area (Å²) in [4.78, 5) is 22.1. The number of hydrogen-bond acceptors (Lipinski definition) is 5. The van der Waals surface area contributed by atoms with Crippen LogP contribution in [0.5, 0.6) is 0 Å². The zero-order valence-electron chi connectivity index (χ0n) is 13.2. The van der Waals surface area contributed by atoms with Gasteiger partial charge in [0.2, 0.25) is 0 Å². The van der Waals surface area contributed by atoms with E-state index in [0.717, 1.165) is 13.0 Å². The van der Waals surface area contributed by atoms with Crippen LogP contribution >= 0.6 is 0 Å². The van der Waals surface area contributed by atoms with Crippen LogP contribution in [0.2, 0.25) is 0 Å². The highest BCUT2D eigenvalue weighted by molar-refractivity contribution is 5.92. The molecule has 0 bridgehead atoms. The van der Waals surface area contributed by atoms with E-state index in [2.05, 4.69) is 25.5 Å². The molecule has 0 spiro atoms. The lowest BCUT2D eigenvalue weighted by Gasteiger charge is -2.10. The van der Waals surface area contributed by atoms with E-state index in [1.807, 2.05) is 14.1 Å². The largest absolute Gasteiger partial charge is 0.351 e. The van der Waals surface area contributed by atoms with Crippen molar-refractivity contribution in [1.82, 2.24) is 20.2 Å². The number of carbonyl (C=O) groups excluding carboxylic acids is 1. The molecule has 0 fully saturated rings. The van der Waals surface area contributed by atoms with Gasteiger partial charge in [0, 0.05) is 12.2 Å². The highest BCUT2D eigenvalue weighted by Crippen LogP contribution is 2.14. The fourth-order valence-corrected chi connectivity index (χ4v) is 1.91. The zero-order chi connectivity index (χ0) is 16.7. The molecular weight excluding hydrogens is 297 g/mol. The predicted molar refractivity (Wildman–Crippen MR) is 87.2 cm³/mol. The summed E-state index contributed by atoms with van der Waals surface area (Å²) in [7, 11) is 3.97. The van der Waals surface area contributed by atoms with Crippen molar-refractivity contribution < 1.29 is 9.18 Å². The lowest BCUT2D eigenvalue weighted by molar-refractivity contribution is 0.0947. The number of nitrogens with zero attached hydrogens (tertiary/aromatic N) is 3. The number of benzene rings is 1. The molecule has 2 rings (SSSR count). The summed E-state index contributed by atoms with van der Waals surface area (Å²) in [6.45, 7) is 1.49. The van der Waals surface area contributed by atoms with E-state index < -0.39 is 0 Å². The van der Waals surface area contributed by atoms with Gasteiger partial charge in [-0.15, -0.1) is 0 Å². The number of rotatable bonds is 7. The van der Waals surface area contributed by atoms with Crippen molar-refractivity contribution in [3.05, 3.63) is 48.2 Å². The van der Waals surface area contributed by atoms with Crippen molar-refractivity contribution >= 4 is 17.4 Å². The van der Waals surface area contributed by atoms with Crippen molar-refractivity contribution in [2.45, 2.75) is 6.42 Å². The van der Waals surface area contributed by atoms with Crippen LogP contribution < -0.4 is 10.6 Å². The van der Waals surface area contributed by atoms with E-state index in [0.29, 0.717) is 18.1 Å². The van der Waals surface area contributed by atoms with Crippen molar-refractivity contribution in [3.63, 3.8) is 0 Å². The third kappa shape index (κ3) is 5.63. The fourth-order valence-electron chi connectivity index (χ4n) is 1.91. The van der Waals surface area contributed by atoms with E-state index in [9.17, 15) is 9.18 Å². The normalized spacial score (nSPS) is 10.6. The first kappa shape index (κ1) is 16.8. The van der Waals surface area contributed by atoms with Crippen LogP contribution in [0.1, 0.15) is 16.9 Å². The predicted octanol–water partition coefficient (Wildman–Crippen LogP) is 2.04. The van der Waals surface area contributed by atoms with Gasteiger partial charge in [-0.2, -0.15) is 0 Å². The fraction of sp³-hybridized carbons (Fsp3) is 0.312. The van der Waals surface area contributed by atoms with Crippen molar-refractivity contribution in [2.75, 3.05) is 32.5 Å². The third-order valence-corrected chi connectivity index (χ3v) is 3.05. The Morgan fingerprint density at radius 3 is 2.74 bits per heavy atom. The van der Waals surface area contributed by atoms with Crippen molar-refractivity contribution in [1.29, 1.82) is 0 Å². The number of carbonyl (C=O) groups is 1. The zero-order valence-corrected chi connectivity index (χ0v) is 13.2. The molecule has 6 nitrogen and oxygen atoms in total. The van der Waals surface area contributed by atoms with Gasteiger partial charge >= 0.3 is 0 Å². The lowest BCUT2D eigenvalue weighted by Crippen LogP contribution is -2.27. The number of anilines is 2. The average molecular weight is 317 g/mol. The smallest absolute Gasteiger partial charge is 0.271 e. The van der Waals surface area contributed by atoms with Gasteiger partial charge < -0.3 is 15.5 Å². The third-order valence-electron chi connectivity index (χ3n) is 3.05. The minimum Gasteiger partial charge on any atom is -0.351 e. The van der Waals surface area contributed by atoms with Crippen molar-refractivity contribution in [2.24, 2.45) is 0 Å². The molecule has 23 heavy (non-hydrogen) atoms. The molecule has 1 aromatic carbocycles. The van der Waals surface area contributed by atoms with E-state index in [1.54, 1.807) is 12.1 Å². The number of amides is 1. The molecule has 0 aliphatic carbocycles. The van der Waals surface area contributed by atoms with Gasteiger partial charge in [0.15, 0.2) is 0 Å². The lowest BCUT2D eigenvalue weighted by atomic mass is 10.3. The SMILES string of the molecule is CN(C)CCCNC(=O)c1cnc(Nc2cccc(F)c2)cn1. The molecule has 2 N–H and O–H groups in total. The summed E-state index contributed by atoms with van der Waals surface area (Å²) in [6.07, 6.45) is 3.70. The van der Waals surface area contributed by atoms with Crippen LogP contribution in [0.15, 0.2) is 36.7 Å². The molecule has 2 aromatic rings. The minimum atomic E-state index is -0.336. The topological polar surface area (TPSA) is 70.2 Å². The van der Waals surface area contributed by atoms with Crippen LogP contribution in [-0.4, -0.2) is 48.0 Å². The molecule has 1 heterocycles. The number of hydrogen-bond donors (Lipinski definition) is 2. The molecule has 0 saturated heterocycles. The van der Waals surface area contributed by atoms with Gasteiger partial charge in [-0.1, -0.05) is 6.07 Å². The summed E-state index contributed by atoms with van der Waals surface area (Å²) in [5.74, 6) is -0.148.